The molecule has 4 aromatic carbocycles. The van der Waals surface area contributed by atoms with E-state index in [-0.39, 0.29) is 25.9 Å². The summed E-state index contributed by atoms with van der Waals surface area (Å²) in [4.78, 5) is 9.16. The van der Waals surface area contributed by atoms with Crippen molar-refractivity contribution in [3.63, 3.8) is 0 Å². The largest absolute Gasteiger partial charge is 0.507 e. The zero-order valence-corrected chi connectivity index (χ0v) is 30.5. The van der Waals surface area contributed by atoms with Crippen LogP contribution in [0.2, 0.25) is 0 Å². The molecule has 5 heteroatoms. The topological polar surface area (TPSA) is 50.9 Å². The first-order valence-corrected chi connectivity index (χ1v) is 15.9. The molecule has 0 aliphatic carbocycles. The summed E-state index contributed by atoms with van der Waals surface area (Å²) < 4.78 is 2.11. The average Bonchev–Trinajstić information content (AvgIpc) is 3.49. The third kappa shape index (κ3) is 7.33. The molecule has 0 aliphatic rings. The fraction of sp³-hybridized carbons (Fsp3) is 0.268. The van der Waals surface area contributed by atoms with E-state index in [1.54, 1.807) is 12.3 Å². The summed E-state index contributed by atoms with van der Waals surface area (Å²) in [6.45, 7) is 17.5. The molecular weight excluding hydrogens is 743 g/mol. The van der Waals surface area contributed by atoms with Crippen molar-refractivity contribution < 1.29 is 25.2 Å². The summed E-state index contributed by atoms with van der Waals surface area (Å²) in [5, 5.41) is 12.8. The second-order valence-electron chi connectivity index (χ2n) is 12.7. The number of hydrogen-bond acceptors (Lipinski definition) is 3. The molecular formula is C41H44IrN3O-. The van der Waals surface area contributed by atoms with Gasteiger partial charge in [0.2, 0.25) is 0 Å². The molecule has 0 saturated carbocycles. The van der Waals surface area contributed by atoms with Crippen LogP contribution in [0.15, 0.2) is 97.5 Å². The van der Waals surface area contributed by atoms with Crippen LogP contribution in [-0.4, -0.2) is 19.6 Å². The van der Waals surface area contributed by atoms with Crippen LogP contribution in [0.25, 0.3) is 39.1 Å². The molecule has 0 saturated heterocycles. The van der Waals surface area contributed by atoms with Crippen LogP contribution in [-0.2, 0) is 20.1 Å². The predicted octanol–water partition coefficient (Wildman–Crippen LogP) is 10.9. The van der Waals surface area contributed by atoms with Crippen molar-refractivity contribution in [3.05, 3.63) is 131 Å². The number of fused-ring (bicyclic) bond motifs is 1. The maximum Gasteiger partial charge on any atom is 0.148 e. The molecule has 0 spiro atoms. The van der Waals surface area contributed by atoms with Gasteiger partial charge in [-0.1, -0.05) is 104 Å². The summed E-state index contributed by atoms with van der Waals surface area (Å²) in [5.74, 6) is 2.32. The van der Waals surface area contributed by atoms with Crippen LogP contribution in [0.5, 0.6) is 5.75 Å². The second-order valence-corrected chi connectivity index (χ2v) is 12.7. The summed E-state index contributed by atoms with van der Waals surface area (Å²) in [6, 6.07) is 30.2. The molecule has 2 aromatic heterocycles. The van der Waals surface area contributed by atoms with Gasteiger partial charge in [-0.2, -0.15) is 0 Å². The fourth-order valence-electron chi connectivity index (χ4n) is 6.11. The van der Waals surface area contributed by atoms with E-state index >= 15 is 0 Å². The quantitative estimate of drug-likeness (QED) is 0.171. The molecule has 0 aliphatic heterocycles. The number of para-hydroxylation sites is 2. The summed E-state index contributed by atoms with van der Waals surface area (Å²) in [5.41, 5.74) is 10.4. The summed E-state index contributed by atoms with van der Waals surface area (Å²) in [6.07, 6.45) is 5.69. The molecule has 239 valence electrons. The minimum Gasteiger partial charge on any atom is -0.507 e. The Labute approximate surface area is 287 Å². The molecule has 6 aromatic rings. The van der Waals surface area contributed by atoms with E-state index in [1.807, 2.05) is 30.6 Å². The maximum atomic E-state index is 10.3. The van der Waals surface area contributed by atoms with E-state index in [2.05, 4.69) is 131 Å². The molecule has 46 heavy (non-hydrogen) atoms. The van der Waals surface area contributed by atoms with Crippen molar-refractivity contribution in [2.24, 2.45) is 0 Å². The second kappa shape index (κ2) is 15.0. The van der Waals surface area contributed by atoms with E-state index in [0.29, 0.717) is 17.8 Å². The third-order valence-corrected chi connectivity index (χ3v) is 8.23. The molecule has 1 N–H and O–H groups in total. The summed E-state index contributed by atoms with van der Waals surface area (Å²) >= 11 is 0. The SMILES string of the molecule is CC(C)c1cccc(C(C)C)c1-n1ccnc1-c1ccccc1O.Cc1[c-]c(-c2nccc3c(C(C)C)cccc23)cc(C)c1.[Ir]. The Kier molecular flexibility index (Phi) is 11.4. The van der Waals surface area contributed by atoms with Crippen LogP contribution in [0.4, 0.5) is 0 Å². The van der Waals surface area contributed by atoms with Crippen LogP contribution in [0.1, 0.15) is 87.1 Å². The minimum atomic E-state index is 0. The third-order valence-electron chi connectivity index (χ3n) is 8.23. The number of hydrogen-bond donors (Lipinski definition) is 1. The molecule has 0 fully saturated rings. The zero-order chi connectivity index (χ0) is 32.2. The fourth-order valence-corrected chi connectivity index (χ4v) is 6.11. The maximum absolute atomic E-state index is 10.3. The number of rotatable bonds is 6. The Morgan fingerprint density at radius 1 is 0.674 bits per heavy atom. The number of aromatic nitrogens is 3. The van der Waals surface area contributed by atoms with E-state index < -0.39 is 0 Å². The summed E-state index contributed by atoms with van der Waals surface area (Å²) in [7, 11) is 0. The Bertz CT molecular complexity index is 1890. The van der Waals surface area contributed by atoms with Crippen molar-refractivity contribution in [1.29, 1.82) is 0 Å². The Hall–Kier alpha value is -4.05. The monoisotopic (exact) mass is 787 g/mol. The molecule has 0 unspecified atom stereocenters. The number of phenolic OH excluding ortho intramolecular Hbond substituents is 1. The van der Waals surface area contributed by atoms with Gasteiger partial charge in [0, 0.05) is 38.7 Å². The van der Waals surface area contributed by atoms with E-state index in [9.17, 15) is 5.11 Å². The van der Waals surface area contributed by atoms with Gasteiger partial charge in [-0.3, -0.25) is 4.57 Å². The van der Waals surface area contributed by atoms with Gasteiger partial charge in [-0.05, 0) is 69.1 Å². The first-order valence-electron chi connectivity index (χ1n) is 15.9. The van der Waals surface area contributed by atoms with Gasteiger partial charge >= 0.3 is 0 Å². The molecule has 0 atom stereocenters. The van der Waals surface area contributed by atoms with Crippen molar-refractivity contribution >= 4 is 10.8 Å². The average molecular weight is 787 g/mol. The minimum absolute atomic E-state index is 0. The van der Waals surface area contributed by atoms with Crippen LogP contribution >= 0.6 is 0 Å². The van der Waals surface area contributed by atoms with Crippen LogP contribution in [0.3, 0.4) is 0 Å². The number of aromatic hydroxyl groups is 1. The zero-order valence-electron chi connectivity index (χ0n) is 28.1. The van der Waals surface area contributed by atoms with Gasteiger partial charge in [-0.25, -0.2) is 4.98 Å². The number of imidazole rings is 1. The van der Waals surface area contributed by atoms with Gasteiger partial charge in [0.1, 0.15) is 11.6 Å². The van der Waals surface area contributed by atoms with Crippen LogP contribution in [0, 0.1) is 19.9 Å². The normalized spacial score (nSPS) is 11.1. The first kappa shape index (κ1) is 34.8. The number of aryl methyl sites for hydroxylation is 2. The van der Waals surface area contributed by atoms with Crippen LogP contribution < -0.4 is 0 Å². The number of phenols is 1. The van der Waals surface area contributed by atoms with Crippen molar-refractivity contribution in [1.82, 2.24) is 14.5 Å². The Morgan fingerprint density at radius 2 is 1.30 bits per heavy atom. The number of nitrogens with zero attached hydrogens (tertiary/aromatic N) is 3. The Balaban J connectivity index is 0.000000206. The van der Waals surface area contributed by atoms with Crippen molar-refractivity contribution in [3.8, 4) is 34.1 Å². The van der Waals surface area contributed by atoms with E-state index in [4.69, 9.17) is 0 Å². The predicted molar refractivity (Wildman–Crippen MR) is 188 cm³/mol. The van der Waals surface area contributed by atoms with E-state index in [1.165, 1.54) is 38.7 Å². The van der Waals surface area contributed by atoms with Gasteiger partial charge < -0.3 is 10.1 Å². The molecule has 4 nitrogen and oxygen atoms in total. The van der Waals surface area contributed by atoms with Gasteiger partial charge in [0.05, 0.1) is 11.3 Å². The number of pyridine rings is 1. The van der Waals surface area contributed by atoms with Crippen molar-refractivity contribution in [2.45, 2.75) is 73.1 Å². The standard InChI is InChI=1S/C21H24N2O.C20H20N.Ir/c1-14(2)16-9-7-10-17(15(3)4)20(16)23-13-12-22-21(23)18-8-5-6-11-19(18)24;1-13(2)17-6-5-7-19-18(17)8-9-21-20(19)16-11-14(3)10-15(4)12-16;/h5-15,24H,1-4H3;5-11,13H,1-4H3;/q;-1;. The van der Waals surface area contributed by atoms with Gasteiger partial charge in [0.25, 0.3) is 0 Å². The van der Waals surface area contributed by atoms with Gasteiger partial charge in [0.15, 0.2) is 0 Å². The first-order chi connectivity index (χ1) is 21.6. The van der Waals surface area contributed by atoms with Gasteiger partial charge in [-0.15, -0.1) is 34.9 Å². The molecule has 2 heterocycles. The number of benzene rings is 4. The molecule has 1 radical (unpaired) electrons. The smallest absolute Gasteiger partial charge is 0.148 e. The molecule has 0 bridgehead atoms. The van der Waals surface area contributed by atoms with E-state index in [0.717, 1.165) is 28.2 Å². The van der Waals surface area contributed by atoms with Crippen molar-refractivity contribution in [2.75, 3.05) is 0 Å². The Morgan fingerprint density at radius 3 is 1.93 bits per heavy atom. The molecule has 0 amide bonds. The molecule has 6 rings (SSSR count).